The first-order valence-corrected chi connectivity index (χ1v) is 12.7. The SMILES string of the molecule is N#Cc1c(-c2cc3c(c(NC(=O)c4cc(F)cc(C(F)(F)F)c4)c2)[C@H](c2cc(F)ccc2Cl)NC3)ccc2ncnn12. The molecule has 2 N–H and O–H groups in total. The average molecular weight is 595 g/mol. The van der Waals surface area contributed by atoms with Crippen molar-refractivity contribution in [2.45, 2.75) is 18.8 Å². The summed E-state index contributed by atoms with van der Waals surface area (Å²) in [6, 6.07) is 13.4. The van der Waals surface area contributed by atoms with E-state index in [-0.39, 0.29) is 22.9 Å². The number of carbonyl (C=O) groups is 1. The van der Waals surface area contributed by atoms with Gasteiger partial charge in [-0.05, 0) is 77.4 Å². The molecule has 0 spiro atoms. The van der Waals surface area contributed by atoms with Gasteiger partial charge in [0.15, 0.2) is 11.3 Å². The number of carbonyl (C=O) groups excluding carboxylic acids is 1. The van der Waals surface area contributed by atoms with Crippen LogP contribution >= 0.6 is 11.6 Å². The van der Waals surface area contributed by atoms with Crippen LogP contribution in [0.4, 0.5) is 27.6 Å². The van der Waals surface area contributed by atoms with Gasteiger partial charge in [-0.2, -0.15) is 23.5 Å². The van der Waals surface area contributed by atoms with E-state index in [1.807, 2.05) is 0 Å². The normalized spacial score (nSPS) is 14.5. The zero-order valence-electron chi connectivity index (χ0n) is 21.1. The van der Waals surface area contributed by atoms with E-state index in [0.717, 1.165) is 0 Å². The summed E-state index contributed by atoms with van der Waals surface area (Å²) < 4.78 is 69.7. The zero-order chi connectivity index (χ0) is 29.8. The van der Waals surface area contributed by atoms with Gasteiger partial charge in [0.1, 0.15) is 24.0 Å². The summed E-state index contributed by atoms with van der Waals surface area (Å²) in [5, 5.41) is 20.1. The van der Waals surface area contributed by atoms with Crippen LogP contribution in [0.2, 0.25) is 5.02 Å². The van der Waals surface area contributed by atoms with Crippen molar-refractivity contribution >= 4 is 28.8 Å². The number of nitrogens with zero attached hydrogens (tertiary/aromatic N) is 4. The zero-order valence-corrected chi connectivity index (χ0v) is 21.9. The first kappa shape index (κ1) is 27.3. The Balaban J connectivity index is 1.52. The van der Waals surface area contributed by atoms with E-state index in [1.165, 1.54) is 35.1 Å². The molecule has 0 unspecified atom stereocenters. The molecule has 13 heteroatoms. The lowest BCUT2D eigenvalue weighted by molar-refractivity contribution is -0.137. The maximum Gasteiger partial charge on any atom is 0.416 e. The van der Waals surface area contributed by atoms with E-state index in [9.17, 15) is 32.0 Å². The Hall–Kier alpha value is -4.86. The van der Waals surface area contributed by atoms with Gasteiger partial charge in [-0.25, -0.2) is 18.3 Å². The molecule has 6 rings (SSSR count). The second-order valence-electron chi connectivity index (χ2n) is 9.49. The van der Waals surface area contributed by atoms with Crippen molar-refractivity contribution < 1.29 is 26.7 Å². The highest BCUT2D eigenvalue weighted by molar-refractivity contribution is 6.31. The standard InChI is InChI=1S/C29H16ClF5N6O/c30-22-3-1-18(31)10-21(22)27-26-16(12-37-27)5-14(20-2-4-25-38-13-39-41(25)24(20)11-36)8-23(26)40-28(42)15-6-17(29(33,34)35)9-19(32)7-15/h1-10,13,27,37H,12H2,(H,40,42)/t27-/m0/s1. The van der Waals surface area contributed by atoms with Gasteiger partial charge in [0.2, 0.25) is 0 Å². The number of amides is 1. The Labute approximate surface area is 239 Å². The minimum Gasteiger partial charge on any atom is -0.322 e. The fourth-order valence-corrected chi connectivity index (χ4v) is 5.31. The van der Waals surface area contributed by atoms with Crippen LogP contribution < -0.4 is 10.6 Å². The minimum atomic E-state index is -4.88. The predicted octanol–water partition coefficient (Wildman–Crippen LogP) is 6.66. The summed E-state index contributed by atoms with van der Waals surface area (Å²) in [4.78, 5) is 17.4. The van der Waals surface area contributed by atoms with Crippen molar-refractivity contribution in [1.29, 1.82) is 5.26 Å². The molecule has 0 bridgehead atoms. The molecule has 2 aromatic heterocycles. The van der Waals surface area contributed by atoms with Crippen molar-refractivity contribution in [3.8, 4) is 17.2 Å². The summed E-state index contributed by atoms with van der Waals surface area (Å²) in [7, 11) is 0. The molecule has 42 heavy (non-hydrogen) atoms. The molecular weight excluding hydrogens is 579 g/mol. The van der Waals surface area contributed by atoms with Crippen molar-refractivity contribution in [2.24, 2.45) is 0 Å². The Morgan fingerprint density at radius 1 is 1.07 bits per heavy atom. The van der Waals surface area contributed by atoms with Crippen LogP contribution in [-0.4, -0.2) is 20.5 Å². The number of aromatic nitrogens is 3. The fourth-order valence-electron chi connectivity index (χ4n) is 5.08. The summed E-state index contributed by atoms with van der Waals surface area (Å²) in [6.45, 7) is 0.245. The van der Waals surface area contributed by atoms with Crippen molar-refractivity contribution in [1.82, 2.24) is 19.9 Å². The summed E-state index contributed by atoms with van der Waals surface area (Å²) in [6.07, 6.45) is -3.59. The molecule has 0 aliphatic carbocycles. The molecule has 5 aromatic rings. The molecule has 1 aliphatic heterocycles. The van der Waals surface area contributed by atoms with Gasteiger partial charge in [-0.15, -0.1) is 0 Å². The number of benzene rings is 3. The minimum absolute atomic E-state index is 0.142. The van der Waals surface area contributed by atoms with Crippen LogP contribution in [0.3, 0.4) is 0 Å². The highest BCUT2D eigenvalue weighted by Gasteiger charge is 2.33. The van der Waals surface area contributed by atoms with Crippen LogP contribution in [0.15, 0.2) is 67.0 Å². The van der Waals surface area contributed by atoms with E-state index in [1.54, 1.807) is 18.2 Å². The van der Waals surface area contributed by atoms with Crippen molar-refractivity contribution in [3.05, 3.63) is 117 Å². The topological polar surface area (TPSA) is 95.1 Å². The maximum atomic E-state index is 14.2. The number of hydrogen-bond donors (Lipinski definition) is 2. The van der Waals surface area contributed by atoms with Crippen molar-refractivity contribution in [3.63, 3.8) is 0 Å². The third-order valence-corrected chi connectivity index (χ3v) is 7.26. The molecule has 210 valence electrons. The van der Waals surface area contributed by atoms with Crippen molar-refractivity contribution in [2.75, 3.05) is 5.32 Å². The molecule has 3 heterocycles. The first-order chi connectivity index (χ1) is 20.0. The van der Waals surface area contributed by atoms with Gasteiger partial charge in [-0.1, -0.05) is 11.6 Å². The highest BCUT2D eigenvalue weighted by Crippen LogP contribution is 2.42. The van der Waals surface area contributed by atoms with E-state index >= 15 is 0 Å². The van der Waals surface area contributed by atoms with Crippen LogP contribution in [0, 0.1) is 23.0 Å². The third kappa shape index (κ3) is 4.82. The number of rotatable bonds is 4. The van der Waals surface area contributed by atoms with E-state index < -0.39 is 40.9 Å². The molecule has 0 saturated carbocycles. The Morgan fingerprint density at radius 2 is 1.88 bits per heavy atom. The van der Waals surface area contributed by atoms with Crippen LogP contribution in [-0.2, 0) is 12.7 Å². The van der Waals surface area contributed by atoms with Gasteiger partial charge in [0, 0.05) is 33.9 Å². The average Bonchev–Trinajstić information content (AvgIpc) is 3.60. The molecule has 0 fully saturated rings. The largest absolute Gasteiger partial charge is 0.416 e. The third-order valence-electron chi connectivity index (χ3n) is 6.91. The number of alkyl halides is 3. The summed E-state index contributed by atoms with van der Waals surface area (Å²) >= 11 is 6.39. The van der Waals surface area contributed by atoms with E-state index in [4.69, 9.17) is 11.6 Å². The number of nitriles is 1. The molecular formula is C29H16ClF5N6O. The van der Waals surface area contributed by atoms with E-state index in [0.29, 0.717) is 51.7 Å². The Bertz CT molecular complexity index is 1950. The smallest absolute Gasteiger partial charge is 0.322 e. The summed E-state index contributed by atoms with van der Waals surface area (Å²) in [5.41, 5.74) is 1.24. The highest BCUT2D eigenvalue weighted by atomic mass is 35.5. The Kier molecular flexibility index (Phi) is 6.64. The molecule has 1 amide bonds. The first-order valence-electron chi connectivity index (χ1n) is 12.3. The lowest BCUT2D eigenvalue weighted by atomic mass is 9.92. The molecule has 1 aliphatic rings. The summed E-state index contributed by atoms with van der Waals surface area (Å²) in [5.74, 6) is -2.80. The molecule has 7 nitrogen and oxygen atoms in total. The van der Waals surface area contributed by atoms with Crippen LogP contribution in [0.5, 0.6) is 0 Å². The van der Waals surface area contributed by atoms with Crippen LogP contribution in [0.1, 0.15) is 44.3 Å². The molecule has 1 atom stereocenters. The van der Waals surface area contributed by atoms with Gasteiger partial charge in [0.25, 0.3) is 5.91 Å². The van der Waals surface area contributed by atoms with Crippen LogP contribution in [0.25, 0.3) is 16.8 Å². The van der Waals surface area contributed by atoms with Gasteiger partial charge in [-0.3, -0.25) is 4.79 Å². The lowest BCUT2D eigenvalue weighted by Crippen LogP contribution is -2.18. The fraction of sp³-hybridized carbons (Fsp3) is 0.103. The quantitative estimate of drug-likeness (QED) is 0.227. The monoisotopic (exact) mass is 594 g/mol. The number of pyridine rings is 1. The predicted molar refractivity (Wildman–Crippen MR) is 143 cm³/mol. The number of halogens is 6. The second-order valence-corrected chi connectivity index (χ2v) is 9.90. The Morgan fingerprint density at radius 3 is 2.64 bits per heavy atom. The molecule has 0 radical (unpaired) electrons. The maximum absolute atomic E-state index is 14.2. The van der Waals surface area contributed by atoms with Gasteiger partial charge in [0.05, 0.1) is 11.6 Å². The van der Waals surface area contributed by atoms with Gasteiger partial charge < -0.3 is 10.6 Å². The number of anilines is 1. The lowest BCUT2D eigenvalue weighted by Gasteiger charge is -2.20. The van der Waals surface area contributed by atoms with E-state index in [2.05, 4.69) is 26.8 Å². The second kappa shape index (κ2) is 10.2. The number of fused-ring (bicyclic) bond motifs is 2. The number of nitrogens with one attached hydrogen (secondary N) is 2. The van der Waals surface area contributed by atoms with Gasteiger partial charge >= 0.3 is 6.18 Å². The molecule has 0 saturated heterocycles. The number of hydrogen-bond acceptors (Lipinski definition) is 5. The molecule has 3 aromatic carbocycles.